The number of nitrogens with one attached hydrogen (secondary N) is 1. The van der Waals surface area contributed by atoms with Gasteiger partial charge in [0, 0.05) is 45.2 Å². The molecule has 0 aromatic rings. The molecule has 100 valence electrons. The number of hydrogen-bond donors (Lipinski definition) is 1. The Morgan fingerprint density at radius 1 is 1.11 bits per heavy atom. The zero-order valence-electron chi connectivity index (χ0n) is 10.7. The van der Waals surface area contributed by atoms with E-state index in [9.17, 15) is 9.59 Å². The van der Waals surface area contributed by atoms with Gasteiger partial charge < -0.3 is 10.2 Å². The van der Waals surface area contributed by atoms with E-state index in [-0.39, 0.29) is 17.7 Å². The molecule has 0 aromatic heterocycles. The summed E-state index contributed by atoms with van der Waals surface area (Å²) in [4.78, 5) is 27.9. The summed E-state index contributed by atoms with van der Waals surface area (Å²) in [5.41, 5.74) is 0. The molecular weight excluding hydrogens is 230 g/mol. The molecule has 2 amide bonds. The number of rotatable bonds is 2. The third-order valence-corrected chi connectivity index (χ3v) is 4.30. The number of amides is 2. The predicted octanol–water partition coefficient (Wildman–Crippen LogP) is -0.181. The highest BCUT2D eigenvalue weighted by Crippen LogP contribution is 2.27. The molecule has 3 rings (SSSR count). The number of piperidine rings is 1. The second-order valence-corrected chi connectivity index (χ2v) is 5.63. The number of carbonyl (C=O) groups is 2. The fourth-order valence-electron chi connectivity index (χ4n) is 2.95. The predicted molar refractivity (Wildman–Crippen MR) is 66.9 cm³/mol. The summed E-state index contributed by atoms with van der Waals surface area (Å²) in [7, 11) is 0. The standard InChI is InChI=1S/C13H21N3O2/c17-12-4-1-10(9-14-12)13(18)16-7-5-15(6-8-16)11-2-3-11/h10-11H,1-9H2,(H,14,17). The zero-order valence-corrected chi connectivity index (χ0v) is 10.7. The van der Waals surface area contributed by atoms with E-state index in [0.29, 0.717) is 19.4 Å². The Morgan fingerprint density at radius 3 is 2.39 bits per heavy atom. The van der Waals surface area contributed by atoms with Crippen molar-refractivity contribution >= 4 is 11.8 Å². The molecule has 0 bridgehead atoms. The third-order valence-electron chi connectivity index (χ3n) is 4.30. The molecule has 0 aromatic carbocycles. The first-order chi connectivity index (χ1) is 8.74. The lowest BCUT2D eigenvalue weighted by molar-refractivity contribution is -0.139. The monoisotopic (exact) mass is 251 g/mol. The Kier molecular flexibility index (Phi) is 3.24. The van der Waals surface area contributed by atoms with Gasteiger partial charge in [-0.15, -0.1) is 0 Å². The summed E-state index contributed by atoms with van der Waals surface area (Å²) < 4.78 is 0. The van der Waals surface area contributed by atoms with E-state index >= 15 is 0 Å². The van der Waals surface area contributed by atoms with Gasteiger partial charge >= 0.3 is 0 Å². The fourth-order valence-corrected chi connectivity index (χ4v) is 2.95. The first kappa shape index (κ1) is 12.0. The van der Waals surface area contributed by atoms with Crippen molar-refractivity contribution in [2.45, 2.75) is 31.7 Å². The van der Waals surface area contributed by atoms with Gasteiger partial charge in [0.2, 0.25) is 11.8 Å². The van der Waals surface area contributed by atoms with E-state index in [1.165, 1.54) is 12.8 Å². The Hall–Kier alpha value is -1.10. The normalized spacial score (nSPS) is 30.1. The maximum atomic E-state index is 12.3. The molecule has 1 atom stereocenters. The van der Waals surface area contributed by atoms with E-state index in [1.807, 2.05) is 4.90 Å². The molecule has 18 heavy (non-hydrogen) atoms. The second-order valence-electron chi connectivity index (χ2n) is 5.63. The highest BCUT2D eigenvalue weighted by atomic mass is 16.2. The van der Waals surface area contributed by atoms with Crippen molar-refractivity contribution in [3.63, 3.8) is 0 Å². The van der Waals surface area contributed by atoms with Crippen LogP contribution >= 0.6 is 0 Å². The van der Waals surface area contributed by atoms with Crippen LogP contribution in [0.4, 0.5) is 0 Å². The van der Waals surface area contributed by atoms with Crippen molar-refractivity contribution < 1.29 is 9.59 Å². The molecule has 0 radical (unpaired) electrons. The third kappa shape index (κ3) is 2.51. The zero-order chi connectivity index (χ0) is 12.5. The highest BCUT2D eigenvalue weighted by molar-refractivity contribution is 5.83. The van der Waals surface area contributed by atoms with Crippen molar-refractivity contribution in [3.05, 3.63) is 0 Å². The quantitative estimate of drug-likeness (QED) is 0.740. The van der Waals surface area contributed by atoms with Crippen LogP contribution < -0.4 is 5.32 Å². The number of carbonyl (C=O) groups excluding carboxylic acids is 2. The molecule has 5 nitrogen and oxygen atoms in total. The second kappa shape index (κ2) is 4.88. The van der Waals surface area contributed by atoms with Gasteiger partial charge in [0.25, 0.3) is 0 Å². The molecule has 3 fully saturated rings. The van der Waals surface area contributed by atoms with Crippen molar-refractivity contribution in [3.8, 4) is 0 Å². The van der Waals surface area contributed by atoms with Crippen LogP contribution in [0.2, 0.25) is 0 Å². The van der Waals surface area contributed by atoms with Crippen molar-refractivity contribution in [2.24, 2.45) is 5.92 Å². The van der Waals surface area contributed by atoms with Gasteiger partial charge in [-0.3, -0.25) is 14.5 Å². The minimum atomic E-state index is 0.00942. The lowest BCUT2D eigenvalue weighted by Gasteiger charge is -2.37. The average Bonchev–Trinajstić information content (AvgIpc) is 3.23. The minimum Gasteiger partial charge on any atom is -0.355 e. The van der Waals surface area contributed by atoms with Crippen molar-refractivity contribution in [1.82, 2.24) is 15.1 Å². The molecular formula is C13H21N3O2. The van der Waals surface area contributed by atoms with Crippen LogP contribution in [0.3, 0.4) is 0 Å². The SMILES string of the molecule is O=C1CCC(C(=O)N2CCN(C3CC3)CC2)CN1. The first-order valence-corrected chi connectivity index (χ1v) is 7.03. The van der Waals surface area contributed by atoms with E-state index in [2.05, 4.69) is 10.2 Å². The lowest BCUT2D eigenvalue weighted by atomic mass is 9.97. The van der Waals surface area contributed by atoms with E-state index in [1.54, 1.807) is 0 Å². The van der Waals surface area contributed by atoms with Crippen LogP contribution in [0, 0.1) is 5.92 Å². The Bertz CT molecular complexity index is 336. The molecule has 2 aliphatic heterocycles. The molecule has 2 heterocycles. The number of nitrogens with zero attached hydrogens (tertiary/aromatic N) is 2. The van der Waals surface area contributed by atoms with E-state index < -0.39 is 0 Å². The summed E-state index contributed by atoms with van der Waals surface area (Å²) in [6.45, 7) is 4.30. The smallest absolute Gasteiger partial charge is 0.227 e. The fraction of sp³-hybridized carbons (Fsp3) is 0.846. The summed E-state index contributed by atoms with van der Waals surface area (Å²) in [6, 6.07) is 0.802. The van der Waals surface area contributed by atoms with Crippen LogP contribution in [0.5, 0.6) is 0 Å². The molecule has 1 N–H and O–H groups in total. The number of hydrogen-bond acceptors (Lipinski definition) is 3. The van der Waals surface area contributed by atoms with Crippen LogP contribution in [0.25, 0.3) is 0 Å². The van der Waals surface area contributed by atoms with E-state index in [4.69, 9.17) is 0 Å². The highest BCUT2D eigenvalue weighted by Gasteiger charge is 2.34. The van der Waals surface area contributed by atoms with Crippen molar-refractivity contribution in [2.75, 3.05) is 32.7 Å². The van der Waals surface area contributed by atoms with E-state index in [0.717, 1.165) is 32.2 Å². The van der Waals surface area contributed by atoms with Gasteiger partial charge in [0.1, 0.15) is 0 Å². The van der Waals surface area contributed by atoms with Gasteiger partial charge in [-0.25, -0.2) is 0 Å². The summed E-state index contributed by atoms with van der Waals surface area (Å²) in [5.74, 6) is 0.332. The average molecular weight is 251 g/mol. The van der Waals surface area contributed by atoms with Gasteiger partial charge in [0.15, 0.2) is 0 Å². The first-order valence-electron chi connectivity index (χ1n) is 7.03. The van der Waals surface area contributed by atoms with Gasteiger partial charge in [-0.1, -0.05) is 0 Å². The maximum Gasteiger partial charge on any atom is 0.227 e. The van der Waals surface area contributed by atoms with Crippen molar-refractivity contribution in [1.29, 1.82) is 0 Å². The molecule has 5 heteroatoms. The number of piperazine rings is 1. The summed E-state index contributed by atoms with van der Waals surface area (Å²) in [6.07, 6.45) is 3.89. The van der Waals surface area contributed by atoms with Crippen LogP contribution in [-0.2, 0) is 9.59 Å². The summed E-state index contributed by atoms with van der Waals surface area (Å²) in [5, 5.41) is 2.79. The van der Waals surface area contributed by atoms with Gasteiger partial charge in [0.05, 0.1) is 5.92 Å². The Labute approximate surface area is 107 Å². The molecule has 1 saturated carbocycles. The minimum absolute atomic E-state index is 0.00942. The Morgan fingerprint density at radius 2 is 1.83 bits per heavy atom. The maximum absolute atomic E-state index is 12.3. The molecule has 1 unspecified atom stereocenters. The lowest BCUT2D eigenvalue weighted by Crippen LogP contribution is -2.53. The molecule has 3 aliphatic rings. The van der Waals surface area contributed by atoms with Crippen LogP contribution in [-0.4, -0.2) is 60.4 Å². The molecule has 0 spiro atoms. The van der Waals surface area contributed by atoms with Crippen LogP contribution in [0.1, 0.15) is 25.7 Å². The largest absolute Gasteiger partial charge is 0.355 e. The Balaban J connectivity index is 1.49. The van der Waals surface area contributed by atoms with Gasteiger partial charge in [-0.05, 0) is 19.3 Å². The molecule has 1 aliphatic carbocycles. The molecule has 2 saturated heterocycles. The topological polar surface area (TPSA) is 52.7 Å². The van der Waals surface area contributed by atoms with Crippen LogP contribution in [0.15, 0.2) is 0 Å². The summed E-state index contributed by atoms with van der Waals surface area (Å²) >= 11 is 0. The van der Waals surface area contributed by atoms with Gasteiger partial charge in [-0.2, -0.15) is 0 Å².